The van der Waals surface area contributed by atoms with E-state index < -0.39 is 0 Å². The van der Waals surface area contributed by atoms with Crippen molar-refractivity contribution in [3.63, 3.8) is 0 Å². The maximum atomic E-state index is 6.16. The molecule has 0 rings (SSSR count). The molecule has 0 bridgehead atoms. The highest BCUT2D eigenvalue weighted by atomic mass is 16.5. The molecule has 3 heteroatoms. The second-order valence-corrected chi connectivity index (χ2v) is 7.12. The number of rotatable bonds is 10. The summed E-state index contributed by atoms with van der Waals surface area (Å²) in [5, 5.41) is 0. The summed E-state index contributed by atoms with van der Waals surface area (Å²) in [6, 6.07) is 0. The van der Waals surface area contributed by atoms with Crippen LogP contribution < -0.4 is 0 Å². The molecule has 0 fully saturated rings. The van der Waals surface area contributed by atoms with E-state index in [-0.39, 0.29) is 23.4 Å². The Kier molecular flexibility index (Phi) is 8.30. The van der Waals surface area contributed by atoms with Gasteiger partial charge in [-0.1, -0.05) is 20.8 Å². The SMILES string of the molecule is CCC(C)(OCC(CC(C)(C)OC(C)C)OC)C(C)C. The molecular weight excluding hydrogens is 252 g/mol. The number of hydrogen-bond acceptors (Lipinski definition) is 3. The average Bonchev–Trinajstić information content (AvgIpc) is 2.31. The third kappa shape index (κ3) is 7.05. The second-order valence-electron chi connectivity index (χ2n) is 7.12. The highest BCUT2D eigenvalue weighted by Crippen LogP contribution is 2.27. The number of methoxy groups -OCH3 is 1. The third-order valence-electron chi connectivity index (χ3n) is 4.13. The van der Waals surface area contributed by atoms with Crippen molar-refractivity contribution in [3.05, 3.63) is 0 Å². The molecule has 0 heterocycles. The van der Waals surface area contributed by atoms with Crippen molar-refractivity contribution in [1.82, 2.24) is 0 Å². The predicted molar refractivity (Wildman–Crippen MR) is 85.2 cm³/mol. The van der Waals surface area contributed by atoms with Crippen LogP contribution >= 0.6 is 0 Å². The van der Waals surface area contributed by atoms with Gasteiger partial charge in [-0.3, -0.25) is 0 Å². The Balaban J connectivity index is 4.49. The van der Waals surface area contributed by atoms with Gasteiger partial charge in [-0.25, -0.2) is 0 Å². The second kappa shape index (κ2) is 8.35. The zero-order chi connectivity index (χ0) is 16.0. The van der Waals surface area contributed by atoms with Crippen molar-refractivity contribution < 1.29 is 14.2 Å². The van der Waals surface area contributed by atoms with Gasteiger partial charge in [-0.05, 0) is 47.0 Å². The molecule has 0 aromatic rings. The fourth-order valence-electron chi connectivity index (χ4n) is 2.41. The van der Waals surface area contributed by atoms with Gasteiger partial charge in [-0.15, -0.1) is 0 Å². The molecule has 0 N–H and O–H groups in total. The Morgan fingerprint density at radius 3 is 1.90 bits per heavy atom. The monoisotopic (exact) mass is 288 g/mol. The van der Waals surface area contributed by atoms with Crippen LogP contribution in [0.25, 0.3) is 0 Å². The minimum atomic E-state index is -0.196. The molecule has 0 radical (unpaired) electrons. The molecule has 20 heavy (non-hydrogen) atoms. The van der Waals surface area contributed by atoms with Crippen molar-refractivity contribution in [2.75, 3.05) is 13.7 Å². The Labute approximate surface area is 126 Å². The lowest BCUT2D eigenvalue weighted by atomic mass is 9.89. The minimum Gasteiger partial charge on any atom is -0.379 e. The van der Waals surface area contributed by atoms with Crippen molar-refractivity contribution in [1.29, 1.82) is 0 Å². The zero-order valence-electron chi connectivity index (χ0n) is 15.1. The summed E-state index contributed by atoms with van der Waals surface area (Å²) in [4.78, 5) is 0. The van der Waals surface area contributed by atoms with Crippen molar-refractivity contribution >= 4 is 0 Å². The molecule has 0 aliphatic heterocycles. The van der Waals surface area contributed by atoms with Crippen LogP contribution in [0.15, 0.2) is 0 Å². The van der Waals surface area contributed by atoms with Crippen LogP contribution in [0.3, 0.4) is 0 Å². The van der Waals surface area contributed by atoms with E-state index in [0.717, 1.165) is 12.8 Å². The van der Waals surface area contributed by atoms with Crippen LogP contribution in [0.1, 0.15) is 68.2 Å². The first-order valence-electron chi connectivity index (χ1n) is 7.91. The molecule has 0 aromatic heterocycles. The van der Waals surface area contributed by atoms with Gasteiger partial charge in [0.15, 0.2) is 0 Å². The topological polar surface area (TPSA) is 27.7 Å². The highest BCUT2D eigenvalue weighted by molar-refractivity contribution is 4.80. The Morgan fingerprint density at radius 1 is 1.00 bits per heavy atom. The molecule has 122 valence electrons. The van der Waals surface area contributed by atoms with E-state index in [9.17, 15) is 0 Å². The smallest absolute Gasteiger partial charge is 0.0832 e. The first-order valence-corrected chi connectivity index (χ1v) is 7.91. The van der Waals surface area contributed by atoms with E-state index in [0.29, 0.717) is 12.5 Å². The molecule has 0 saturated carbocycles. The standard InChI is InChI=1S/C17H36O3/c1-10-17(8,13(2)3)19-12-15(18-9)11-16(6,7)20-14(4)5/h13-15H,10-12H2,1-9H3. The van der Waals surface area contributed by atoms with Crippen molar-refractivity contribution in [2.45, 2.75) is 91.6 Å². The first kappa shape index (κ1) is 19.9. The molecule has 3 nitrogen and oxygen atoms in total. The van der Waals surface area contributed by atoms with Gasteiger partial charge in [0.05, 0.1) is 30.0 Å². The lowest BCUT2D eigenvalue weighted by molar-refractivity contribution is -0.131. The van der Waals surface area contributed by atoms with Crippen LogP contribution in [-0.2, 0) is 14.2 Å². The van der Waals surface area contributed by atoms with Gasteiger partial charge in [0.2, 0.25) is 0 Å². The van der Waals surface area contributed by atoms with Gasteiger partial charge in [0.25, 0.3) is 0 Å². The maximum absolute atomic E-state index is 6.16. The molecule has 2 atom stereocenters. The Hall–Kier alpha value is -0.120. The lowest BCUT2D eigenvalue weighted by Crippen LogP contribution is -2.40. The van der Waals surface area contributed by atoms with Crippen LogP contribution in [0, 0.1) is 5.92 Å². The van der Waals surface area contributed by atoms with Crippen LogP contribution in [-0.4, -0.2) is 37.1 Å². The molecule has 0 saturated heterocycles. The molecule has 0 aromatic carbocycles. The summed E-state index contributed by atoms with van der Waals surface area (Å²) in [6.45, 7) is 17.7. The van der Waals surface area contributed by atoms with E-state index in [1.54, 1.807) is 7.11 Å². The van der Waals surface area contributed by atoms with E-state index in [4.69, 9.17) is 14.2 Å². The van der Waals surface area contributed by atoms with Gasteiger partial charge in [0, 0.05) is 13.5 Å². The molecule has 0 amide bonds. The summed E-state index contributed by atoms with van der Waals surface area (Å²) in [5.41, 5.74) is -0.279. The van der Waals surface area contributed by atoms with Crippen molar-refractivity contribution in [2.24, 2.45) is 5.92 Å². The number of hydrogen-bond donors (Lipinski definition) is 0. The summed E-state index contributed by atoms with van der Waals surface area (Å²) in [7, 11) is 1.75. The summed E-state index contributed by atoms with van der Waals surface area (Å²) < 4.78 is 17.7. The quantitative estimate of drug-likeness (QED) is 0.595. The Bertz CT molecular complexity index is 261. The minimum absolute atomic E-state index is 0.0633. The van der Waals surface area contributed by atoms with Gasteiger partial charge < -0.3 is 14.2 Å². The maximum Gasteiger partial charge on any atom is 0.0832 e. The van der Waals surface area contributed by atoms with Crippen LogP contribution in [0.2, 0.25) is 0 Å². The van der Waals surface area contributed by atoms with E-state index in [2.05, 4.69) is 55.4 Å². The van der Waals surface area contributed by atoms with Crippen LogP contribution in [0.5, 0.6) is 0 Å². The fourth-order valence-corrected chi connectivity index (χ4v) is 2.41. The predicted octanol–water partition coefficient (Wildman–Crippen LogP) is 4.44. The lowest BCUT2D eigenvalue weighted by Gasteiger charge is -2.36. The fraction of sp³-hybridized carbons (Fsp3) is 1.00. The van der Waals surface area contributed by atoms with E-state index in [1.807, 2.05) is 0 Å². The third-order valence-corrected chi connectivity index (χ3v) is 4.13. The van der Waals surface area contributed by atoms with Crippen LogP contribution in [0.4, 0.5) is 0 Å². The molecule has 2 unspecified atom stereocenters. The zero-order valence-corrected chi connectivity index (χ0v) is 15.1. The normalized spacial score (nSPS) is 17.6. The Morgan fingerprint density at radius 2 is 1.55 bits per heavy atom. The van der Waals surface area contributed by atoms with E-state index in [1.165, 1.54) is 0 Å². The summed E-state index contributed by atoms with van der Waals surface area (Å²) >= 11 is 0. The molecule has 0 aliphatic rings. The summed E-state index contributed by atoms with van der Waals surface area (Å²) in [6.07, 6.45) is 2.13. The largest absolute Gasteiger partial charge is 0.379 e. The van der Waals surface area contributed by atoms with Gasteiger partial charge in [-0.2, -0.15) is 0 Å². The van der Waals surface area contributed by atoms with E-state index >= 15 is 0 Å². The average molecular weight is 288 g/mol. The molecular formula is C17H36O3. The van der Waals surface area contributed by atoms with Gasteiger partial charge >= 0.3 is 0 Å². The van der Waals surface area contributed by atoms with Crippen molar-refractivity contribution in [3.8, 4) is 0 Å². The highest BCUT2D eigenvalue weighted by Gasteiger charge is 2.30. The van der Waals surface area contributed by atoms with Gasteiger partial charge in [0.1, 0.15) is 0 Å². The molecule has 0 aliphatic carbocycles. The number of ether oxygens (including phenoxy) is 3. The molecule has 0 spiro atoms. The first-order chi connectivity index (χ1) is 9.06. The summed E-state index contributed by atoms with van der Waals surface area (Å²) in [5.74, 6) is 0.491.